The summed E-state index contributed by atoms with van der Waals surface area (Å²) in [5.41, 5.74) is 4.18. The first-order valence-corrected chi connectivity index (χ1v) is 4.77. The van der Waals surface area contributed by atoms with Gasteiger partial charge in [-0.3, -0.25) is 4.99 Å². The number of hydroxylamine groups is 1. The predicted octanol–water partition coefficient (Wildman–Crippen LogP) is 2.21. The normalized spacial score (nSPS) is 14.1. The molecule has 1 aromatic carbocycles. The van der Waals surface area contributed by atoms with Crippen molar-refractivity contribution in [1.29, 1.82) is 0 Å². The number of nitrogens with zero attached hydrogens (tertiary/aromatic N) is 1. The van der Waals surface area contributed by atoms with Crippen LogP contribution >= 0.6 is 0 Å². The Kier molecular flexibility index (Phi) is 4.29. The van der Waals surface area contributed by atoms with E-state index in [2.05, 4.69) is 10.5 Å². The maximum atomic E-state index is 8.76. The number of aliphatic imine (C=N–C) groups is 1. The quantitative estimate of drug-likeness (QED) is 0.567. The molecular formula is C11H16N2O. The van der Waals surface area contributed by atoms with Gasteiger partial charge in [-0.1, -0.05) is 37.3 Å². The molecule has 0 fully saturated rings. The topological polar surface area (TPSA) is 44.6 Å². The minimum absolute atomic E-state index is 0.213. The summed E-state index contributed by atoms with van der Waals surface area (Å²) in [6.45, 7) is 3.91. The largest absolute Gasteiger partial charge is 0.315 e. The maximum Gasteiger partial charge on any atom is 0.122 e. The molecule has 3 heteroatoms. The SMILES string of the molecule is CCC(N=C(C)c1ccccc1)NO. The predicted molar refractivity (Wildman–Crippen MR) is 57.7 cm³/mol. The third kappa shape index (κ3) is 2.94. The number of benzene rings is 1. The van der Waals surface area contributed by atoms with Gasteiger partial charge in [0.1, 0.15) is 6.17 Å². The maximum absolute atomic E-state index is 8.76. The minimum Gasteiger partial charge on any atom is -0.315 e. The molecule has 0 aliphatic heterocycles. The number of hydrogen-bond donors (Lipinski definition) is 2. The molecule has 0 saturated heterocycles. The van der Waals surface area contributed by atoms with E-state index in [0.717, 1.165) is 17.7 Å². The van der Waals surface area contributed by atoms with Crippen LogP contribution < -0.4 is 5.48 Å². The number of rotatable bonds is 4. The van der Waals surface area contributed by atoms with Gasteiger partial charge in [0.2, 0.25) is 0 Å². The van der Waals surface area contributed by atoms with Crippen LogP contribution in [0.4, 0.5) is 0 Å². The van der Waals surface area contributed by atoms with Crippen molar-refractivity contribution in [2.75, 3.05) is 0 Å². The number of nitrogens with one attached hydrogen (secondary N) is 1. The van der Waals surface area contributed by atoms with Gasteiger partial charge in [-0.05, 0) is 18.9 Å². The summed E-state index contributed by atoms with van der Waals surface area (Å²) in [4.78, 5) is 4.34. The standard InChI is InChI=1S/C11H16N2O/c1-3-11(13-14)12-9(2)10-7-5-4-6-8-10/h4-8,11,13-14H,3H2,1-2H3. The molecule has 2 N–H and O–H groups in total. The Labute approximate surface area is 84.4 Å². The third-order valence-corrected chi connectivity index (χ3v) is 2.08. The Morgan fingerprint density at radius 2 is 2.07 bits per heavy atom. The summed E-state index contributed by atoms with van der Waals surface area (Å²) in [7, 11) is 0. The van der Waals surface area contributed by atoms with Crippen molar-refractivity contribution in [3.05, 3.63) is 35.9 Å². The first-order chi connectivity index (χ1) is 6.77. The van der Waals surface area contributed by atoms with Crippen LogP contribution in [-0.4, -0.2) is 17.1 Å². The van der Waals surface area contributed by atoms with Crippen molar-refractivity contribution in [3.8, 4) is 0 Å². The van der Waals surface area contributed by atoms with E-state index >= 15 is 0 Å². The molecule has 0 heterocycles. The molecule has 0 aliphatic carbocycles. The van der Waals surface area contributed by atoms with Crippen LogP contribution in [0.25, 0.3) is 0 Å². The molecule has 0 radical (unpaired) electrons. The molecule has 0 amide bonds. The highest BCUT2D eigenvalue weighted by Gasteiger charge is 2.02. The lowest BCUT2D eigenvalue weighted by atomic mass is 10.1. The van der Waals surface area contributed by atoms with Gasteiger partial charge in [0.15, 0.2) is 0 Å². The van der Waals surface area contributed by atoms with Gasteiger partial charge in [-0.25, -0.2) is 0 Å². The zero-order valence-electron chi connectivity index (χ0n) is 8.57. The van der Waals surface area contributed by atoms with Gasteiger partial charge < -0.3 is 5.21 Å². The van der Waals surface area contributed by atoms with E-state index in [1.165, 1.54) is 0 Å². The van der Waals surface area contributed by atoms with Gasteiger partial charge >= 0.3 is 0 Å². The van der Waals surface area contributed by atoms with Gasteiger partial charge in [-0.2, -0.15) is 5.48 Å². The Morgan fingerprint density at radius 1 is 1.43 bits per heavy atom. The molecule has 1 unspecified atom stereocenters. The minimum atomic E-state index is -0.213. The molecule has 0 aliphatic rings. The van der Waals surface area contributed by atoms with Gasteiger partial charge in [0, 0.05) is 5.71 Å². The fourth-order valence-corrected chi connectivity index (χ4v) is 1.20. The Hall–Kier alpha value is -1.19. The molecule has 14 heavy (non-hydrogen) atoms. The molecule has 1 aromatic rings. The average Bonchev–Trinajstić information content (AvgIpc) is 2.26. The van der Waals surface area contributed by atoms with E-state index in [9.17, 15) is 0 Å². The highest BCUT2D eigenvalue weighted by atomic mass is 16.5. The molecule has 76 valence electrons. The van der Waals surface area contributed by atoms with E-state index in [1.54, 1.807) is 0 Å². The van der Waals surface area contributed by atoms with Crippen molar-refractivity contribution in [1.82, 2.24) is 5.48 Å². The van der Waals surface area contributed by atoms with Gasteiger partial charge in [-0.15, -0.1) is 0 Å². The molecule has 0 spiro atoms. The van der Waals surface area contributed by atoms with E-state index in [0.29, 0.717) is 0 Å². The van der Waals surface area contributed by atoms with Crippen molar-refractivity contribution >= 4 is 5.71 Å². The smallest absolute Gasteiger partial charge is 0.122 e. The summed E-state index contributed by atoms with van der Waals surface area (Å²) < 4.78 is 0. The Balaban J connectivity index is 2.78. The summed E-state index contributed by atoms with van der Waals surface area (Å²) in [6, 6.07) is 9.92. The van der Waals surface area contributed by atoms with Crippen LogP contribution in [0.5, 0.6) is 0 Å². The Bertz CT molecular complexity index is 291. The second kappa shape index (κ2) is 5.52. The summed E-state index contributed by atoms with van der Waals surface area (Å²) >= 11 is 0. The van der Waals surface area contributed by atoms with Crippen LogP contribution in [0, 0.1) is 0 Å². The highest BCUT2D eigenvalue weighted by Crippen LogP contribution is 2.03. The lowest BCUT2D eigenvalue weighted by Gasteiger charge is -2.09. The zero-order valence-corrected chi connectivity index (χ0v) is 8.57. The first kappa shape index (κ1) is 10.9. The van der Waals surface area contributed by atoms with Crippen molar-refractivity contribution < 1.29 is 5.21 Å². The van der Waals surface area contributed by atoms with Crippen LogP contribution in [0.2, 0.25) is 0 Å². The Morgan fingerprint density at radius 3 is 2.57 bits per heavy atom. The van der Waals surface area contributed by atoms with Crippen LogP contribution in [0.3, 0.4) is 0 Å². The fraction of sp³-hybridized carbons (Fsp3) is 0.364. The molecule has 1 atom stereocenters. The molecule has 0 bridgehead atoms. The zero-order chi connectivity index (χ0) is 10.4. The van der Waals surface area contributed by atoms with E-state index in [4.69, 9.17) is 5.21 Å². The lowest BCUT2D eigenvalue weighted by Crippen LogP contribution is -2.23. The lowest BCUT2D eigenvalue weighted by molar-refractivity contribution is 0.127. The van der Waals surface area contributed by atoms with Gasteiger partial charge in [0.05, 0.1) is 0 Å². The first-order valence-electron chi connectivity index (χ1n) is 4.77. The van der Waals surface area contributed by atoms with Gasteiger partial charge in [0.25, 0.3) is 0 Å². The second-order valence-corrected chi connectivity index (χ2v) is 3.13. The fourth-order valence-electron chi connectivity index (χ4n) is 1.20. The van der Waals surface area contributed by atoms with Crippen LogP contribution in [-0.2, 0) is 0 Å². The molecule has 0 aromatic heterocycles. The monoisotopic (exact) mass is 192 g/mol. The van der Waals surface area contributed by atoms with Crippen molar-refractivity contribution in [3.63, 3.8) is 0 Å². The summed E-state index contributed by atoms with van der Waals surface area (Å²) in [6.07, 6.45) is 0.552. The van der Waals surface area contributed by atoms with Crippen molar-refractivity contribution in [2.24, 2.45) is 4.99 Å². The molecular weight excluding hydrogens is 176 g/mol. The van der Waals surface area contributed by atoms with Crippen LogP contribution in [0.1, 0.15) is 25.8 Å². The van der Waals surface area contributed by atoms with Crippen molar-refractivity contribution in [2.45, 2.75) is 26.4 Å². The van der Waals surface area contributed by atoms with E-state index in [-0.39, 0.29) is 6.17 Å². The van der Waals surface area contributed by atoms with E-state index in [1.807, 2.05) is 44.2 Å². The molecule has 1 rings (SSSR count). The highest BCUT2D eigenvalue weighted by molar-refractivity contribution is 5.98. The summed E-state index contributed by atoms with van der Waals surface area (Å²) in [5.74, 6) is 0. The average molecular weight is 192 g/mol. The summed E-state index contributed by atoms with van der Waals surface area (Å²) in [5, 5.41) is 8.76. The third-order valence-electron chi connectivity index (χ3n) is 2.08. The van der Waals surface area contributed by atoms with Crippen LogP contribution in [0.15, 0.2) is 35.3 Å². The molecule has 0 saturated carbocycles. The second-order valence-electron chi connectivity index (χ2n) is 3.13. The number of hydrogen-bond acceptors (Lipinski definition) is 3. The van der Waals surface area contributed by atoms with E-state index < -0.39 is 0 Å². The molecule has 3 nitrogen and oxygen atoms in total.